The molecule has 0 N–H and O–H groups in total. The molecule has 0 radical (unpaired) electrons. The maximum atomic E-state index is 5.95. The van der Waals surface area contributed by atoms with Crippen LogP contribution in [-0.4, -0.2) is 19.5 Å². The predicted molar refractivity (Wildman–Crippen MR) is 106 cm³/mol. The van der Waals surface area contributed by atoms with Crippen LogP contribution in [0, 0.1) is 0 Å². The van der Waals surface area contributed by atoms with E-state index in [2.05, 4.69) is 21.7 Å². The second kappa shape index (κ2) is 5.38. The minimum Gasteiger partial charge on any atom is -0.439 e. The smallest absolute Gasteiger partial charge is 0.215 e. The standard InChI is InChI=1S/C22H14N4O/c1-5-11-18-14(7-1)21-22(25-16-9-3-2-8-15(16)24-21)26(18)13-20-23-17-10-4-6-12-19(17)27-20/h1-12H,13H2. The highest BCUT2D eigenvalue weighted by Gasteiger charge is 2.16. The Morgan fingerprint density at radius 2 is 1.41 bits per heavy atom. The van der Waals surface area contributed by atoms with Crippen LogP contribution < -0.4 is 0 Å². The van der Waals surface area contributed by atoms with Gasteiger partial charge in [0.05, 0.1) is 16.6 Å². The molecule has 0 amide bonds. The summed E-state index contributed by atoms with van der Waals surface area (Å²) < 4.78 is 8.08. The lowest BCUT2D eigenvalue weighted by atomic mass is 10.2. The lowest BCUT2D eigenvalue weighted by Crippen LogP contribution is -2.01. The highest BCUT2D eigenvalue weighted by molar-refractivity contribution is 6.06. The number of rotatable bonds is 2. The fourth-order valence-corrected chi connectivity index (χ4v) is 3.67. The fourth-order valence-electron chi connectivity index (χ4n) is 3.67. The molecule has 0 saturated heterocycles. The van der Waals surface area contributed by atoms with Crippen molar-refractivity contribution in [1.82, 2.24) is 19.5 Å². The summed E-state index contributed by atoms with van der Waals surface area (Å²) in [7, 11) is 0. The van der Waals surface area contributed by atoms with Crippen LogP contribution in [0.25, 0.3) is 44.2 Å². The maximum Gasteiger partial charge on any atom is 0.215 e. The van der Waals surface area contributed by atoms with Crippen molar-refractivity contribution in [2.24, 2.45) is 0 Å². The summed E-state index contributed by atoms with van der Waals surface area (Å²) in [5.74, 6) is 0.661. The zero-order chi connectivity index (χ0) is 17.8. The Morgan fingerprint density at radius 1 is 0.704 bits per heavy atom. The first-order valence-corrected chi connectivity index (χ1v) is 8.85. The second-order valence-corrected chi connectivity index (χ2v) is 6.56. The van der Waals surface area contributed by atoms with Gasteiger partial charge in [-0.2, -0.15) is 0 Å². The molecular weight excluding hydrogens is 336 g/mol. The minimum absolute atomic E-state index is 0.506. The van der Waals surface area contributed by atoms with Crippen LogP contribution in [0.15, 0.2) is 77.2 Å². The molecule has 6 aromatic rings. The molecule has 0 aliphatic heterocycles. The number of nitrogens with zero attached hydrogens (tertiary/aromatic N) is 4. The Hall–Kier alpha value is -3.73. The SMILES string of the molecule is c1ccc2nc3c(nc2c1)c1ccccc1n3Cc1nc2ccccc2o1. The quantitative estimate of drug-likeness (QED) is 0.444. The Kier molecular flexibility index (Phi) is 2.88. The van der Waals surface area contributed by atoms with Gasteiger partial charge in [0, 0.05) is 5.39 Å². The molecular formula is C22H14N4O. The van der Waals surface area contributed by atoms with Crippen LogP contribution in [0.1, 0.15) is 5.89 Å². The highest BCUT2D eigenvalue weighted by atomic mass is 16.3. The van der Waals surface area contributed by atoms with Gasteiger partial charge < -0.3 is 8.98 Å². The molecule has 0 atom stereocenters. The Bertz CT molecular complexity index is 1430. The van der Waals surface area contributed by atoms with Crippen molar-refractivity contribution >= 4 is 44.2 Å². The lowest BCUT2D eigenvalue weighted by molar-refractivity contribution is 0.516. The van der Waals surface area contributed by atoms with Gasteiger partial charge in [-0.1, -0.05) is 42.5 Å². The third-order valence-corrected chi connectivity index (χ3v) is 4.89. The number of oxazole rings is 1. The average molecular weight is 350 g/mol. The highest BCUT2D eigenvalue weighted by Crippen LogP contribution is 2.29. The second-order valence-electron chi connectivity index (χ2n) is 6.56. The normalized spacial score (nSPS) is 11.9. The van der Waals surface area contributed by atoms with Crippen molar-refractivity contribution in [3.8, 4) is 0 Å². The molecule has 0 saturated carbocycles. The summed E-state index contributed by atoms with van der Waals surface area (Å²) in [5, 5.41) is 1.09. The molecule has 6 rings (SSSR count). The average Bonchev–Trinajstić information content (AvgIpc) is 3.26. The van der Waals surface area contributed by atoms with Gasteiger partial charge in [0.15, 0.2) is 11.2 Å². The van der Waals surface area contributed by atoms with E-state index in [-0.39, 0.29) is 0 Å². The zero-order valence-electron chi connectivity index (χ0n) is 14.3. The van der Waals surface area contributed by atoms with Gasteiger partial charge in [-0.25, -0.2) is 15.0 Å². The van der Waals surface area contributed by atoms with Gasteiger partial charge in [-0.05, 0) is 30.3 Å². The Labute approximate surface area is 153 Å². The first kappa shape index (κ1) is 14.4. The molecule has 5 heteroatoms. The molecule has 0 unspecified atom stereocenters. The maximum absolute atomic E-state index is 5.95. The number of fused-ring (bicyclic) bond motifs is 5. The summed E-state index contributed by atoms with van der Waals surface area (Å²) in [6, 6.07) is 24.0. The molecule has 3 aromatic heterocycles. The molecule has 0 fully saturated rings. The predicted octanol–water partition coefficient (Wildman–Crippen LogP) is 4.93. The molecule has 0 bridgehead atoms. The van der Waals surface area contributed by atoms with Crippen molar-refractivity contribution < 1.29 is 4.42 Å². The summed E-state index contributed by atoms with van der Waals surface area (Å²) in [5.41, 5.74) is 6.26. The molecule has 0 spiro atoms. The van der Waals surface area contributed by atoms with Gasteiger partial charge in [0.2, 0.25) is 5.89 Å². The molecule has 3 aromatic carbocycles. The summed E-state index contributed by atoms with van der Waals surface area (Å²) in [4.78, 5) is 14.4. The topological polar surface area (TPSA) is 56.7 Å². The summed E-state index contributed by atoms with van der Waals surface area (Å²) >= 11 is 0. The molecule has 0 aliphatic rings. The zero-order valence-corrected chi connectivity index (χ0v) is 14.3. The van der Waals surface area contributed by atoms with E-state index in [9.17, 15) is 0 Å². The summed E-state index contributed by atoms with van der Waals surface area (Å²) in [6.45, 7) is 0.506. The molecule has 3 heterocycles. The number of hydrogen-bond acceptors (Lipinski definition) is 4. The van der Waals surface area contributed by atoms with Crippen molar-refractivity contribution in [3.05, 3.63) is 78.7 Å². The van der Waals surface area contributed by atoms with E-state index < -0.39 is 0 Å². The summed E-state index contributed by atoms with van der Waals surface area (Å²) in [6.07, 6.45) is 0. The molecule has 5 nitrogen and oxygen atoms in total. The van der Waals surface area contributed by atoms with E-state index in [1.165, 1.54) is 0 Å². The third-order valence-electron chi connectivity index (χ3n) is 4.89. The van der Waals surface area contributed by atoms with E-state index in [0.29, 0.717) is 12.4 Å². The van der Waals surface area contributed by atoms with Crippen LogP contribution in [0.4, 0.5) is 0 Å². The van der Waals surface area contributed by atoms with E-state index in [1.54, 1.807) is 0 Å². The first-order valence-electron chi connectivity index (χ1n) is 8.85. The number of hydrogen-bond donors (Lipinski definition) is 0. The van der Waals surface area contributed by atoms with E-state index >= 15 is 0 Å². The van der Waals surface area contributed by atoms with Crippen LogP contribution in [0.2, 0.25) is 0 Å². The third kappa shape index (κ3) is 2.15. The largest absolute Gasteiger partial charge is 0.439 e. The number of benzene rings is 3. The molecule has 128 valence electrons. The number of para-hydroxylation sites is 5. The van der Waals surface area contributed by atoms with Gasteiger partial charge in [0.25, 0.3) is 0 Å². The van der Waals surface area contributed by atoms with Gasteiger partial charge >= 0.3 is 0 Å². The fraction of sp³-hybridized carbons (Fsp3) is 0.0455. The van der Waals surface area contributed by atoms with E-state index in [1.807, 2.05) is 60.7 Å². The van der Waals surface area contributed by atoms with Gasteiger partial charge in [0.1, 0.15) is 17.6 Å². The van der Waals surface area contributed by atoms with Crippen LogP contribution >= 0.6 is 0 Å². The van der Waals surface area contributed by atoms with Crippen molar-refractivity contribution in [3.63, 3.8) is 0 Å². The molecule has 27 heavy (non-hydrogen) atoms. The van der Waals surface area contributed by atoms with Crippen molar-refractivity contribution in [2.75, 3.05) is 0 Å². The van der Waals surface area contributed by atoms with Crippen LogP contribution in [-0.2, 0) is 6.54 Å². The van der Waals surface area contributed by atoms with Gasteiger partial charge in [-0.15, -0.1) is 0 Å². The van der Waals surface area contributed by atoms with Crippen molar-refractivity contribution in [1.29, 1.82) is 0 Å². The van der Waals surface area contributed by atoms with Crippen LogP contribution in [0.5, 0.6) is 0 Å². The minimum atomic E-state index is 0.506. The van der Waals surface area contributed by atoms with Crippen LogP contribution in [0.3, 0.4) is 0 Å². The lowest BCUT2D eigenvalue weighted by Gasteiger charge is -2.04. The Morgan fingerprint density at radius 3 is 2.26 bits per heavy atom. The van der Waals surface area contributed by atoms with Gasteiger partial charge in [-0.3, -0.25) is 0 Å². The number of aromatic nitrogens is 4. The van der Waals surface area contributed by atoms with E-state index in [0.717, 1.165) is 44.2 Å². The monoisotopic (exact) mass is 350 g/mol. The van der Waals surface area contributed by atoms with E-state index in [4.69, 9.17) is 14.4 Å². The van der Waals surface area contributed by atoms with Crippen molar-refractivity contribution in [2.45, 2.75) is 6.54 Å². The molecule has 0 aliphatic carbocycles. The first-order chi connectivity index (χ1) is 13.4. The Balaban J connectivity index is 1.64.